The monoisotopic (exact) mass is 263 g/mol. The van der Waals surface area contributed by atoms with Gasteiger partial charge in [-0.15, -0.1) is 0 Å². The number of hydrogen-bond donors (Lipinski definition) is 1. The zero-order chi connectivity index (χ0) is 14.0. The van der Waals surface area contributed by atoms with E-state index in [1.165, 1.54) is 4.90 Å². The summed E-state index contributed by atoms with van der Waals surface area (Å²) in [5.74, 6) is -1.08. The van der Waals surface area contributed by atoms with Crippen LogP contribution in [0.1, 0.15) is 19.4 Å². The van der Waals surface area contributed by atoms with Crippen molar-refractivity contribution in [3.8, 4) is 0 Å². The van der Waals surface area contributed by atoms with E-state index < -0.39 is 24.2 Å². The molecule has 1 fully saturated rings. The Morgan fingerprint density at radius 1 is 1.37 bits per heavy atom. The van der Waals surface area contributed by atoms with Gasteiger partial charge in [0.15, 0.2) is 0 Å². The highest BCUT2D eigenvalue weighted by molar-refractivity contribution is 5.82. The second-order valence-electron chi connectivity index (χ2n) is 4.99. The Morgan fingerprint density at radius 2 is 2.00 bits per heavy atom. The van der Waals surface area contributed by atoms with Crippen molar-refractivity contribution in [1.82, 2.24) is 4.90 Å². The molecule has 1 amide bonds. The fraction of sp³-hybridized carbons (Fsp3) is 0.429. The van der Waals surface area contributed by atoms with Crippen LogP contribution in [0.25, 0.3) is 0 Å². The van der Waals surface area contributed by atoms with E-state index in [9.17, 15) is 9.59 Å². The first-order valence-corrected chi connectivity index (χ1v) is 6.24. The normalized spacial score (nSPS) is 22.7. The van der Waals surface area contributed by atoms with Crippen LogP contribution in [0.3, 0.4) is 0 Å². The largest absolute Gasteiger partial charge is 0.478 e. The van der Waals surface area contributed by atoms with Gasteiger partial charge in [0.05, 0.1) is 6.04 Å². The third kappa shape index (κ3) is 2.70. The smallest absolute Gasteiger partial charge is 0.411 e. The highest BCUT2D eigenvalue weighted by atomic mass is 16.6. The molecule has 1 aliphatic rings. The molecule has 1 heterocycles. The number of aliphatic carboxylic acids is 1. The molecule has 5 nitrogen and oxygen atoms in total. The van der Waals surface area contributed by atoms with Crippen LogP contribution in [0.15, 0.2) is 30.3 Å². The second-order valence-corrected chi connectivity index (χ2v) is 4.99. The molecule has 1 aromatic carbocycles. The summed E-state index contributed by atoms with van der Waals surface area (Å²) in [6.07, 6.45) is -1.65. The highest BCUT2D eigenvalue weighted by Gasteiger charge is 2.47. The molecule has 0 spiro atoms. The molecule has 0 bridgehead atoms. The van der Waals surface area contributed by atoms with Gasteiger partial charge in [-0.05, 0) is 11.5 Å². The zero-order valence-electron chi connectivity index (χ0n) is 10.9. The minimum Gasteiger partial charge on any atom is -0.478 e. The lowest BCUT2D eigenvalue weighted by Gasteiger charge is -2.26. The maximum Gasteiger partial charge on any atom is 0.411 e. The van der Waals surface area contributed by atoms with Gasteiger partial charge in [-0.1, -0.05) is 44.2 Å². The fourth-order valence-corrected chi connectivity index (χ4v) is 2.39. The summed E-state index contributed by atoms with van der Waals surface area (Å²) in [7, 11) is 0. The molecule has 1 aromatic rings. The van der Waals surface area contributed by atoms with Gasteiger partial charge in [-0.25, -0.2) is 9.59 Å². The van der Waals surface area contributed by atoms with Crippen LogP contribution in [0.5, 0.6) is 0 Å². The number of carbonyl (C=O) groups is 2. The van der Waals surface area contributed by atoms with E-state index in [0.29, 0.717) is 6.54 Å². The van der Waals surface area contributed by atoms with Crippen molar-refractivity contribution in [2.24, 2.45) is 5.92 Å². The molecular formula is C14H17NO4. The Bertz CT molecular complexity index is 472. The standard InChI is InChI=1S/C14H17NO4/c1-9(2)11-12(13(16)17)19-14(18)15(11)8-10-6-4-3-5-7-10/h3-7,9,11-12H,8H2,1-2H3,(H,16,17)/t11-,12?/m0/s1. The SMILES string of the molecule is CC(C)[C@H]1C(C(=O)O)OC(=O)N1Cc1ccccc1. The minimum absolute atomic E-state index is 0.0104. The molecule has 1 unspecified atom stereocenters. The third-order valence-electron chi connectivity index (χ3n) is 3.25. The Hall–Kier alpha value is -2.04. The van der Waals surface area contributed by atoms with Crippen molar-refractivity contribution < 1.29 is 19.4 Å². The number of rotatable bonds is 4. The number of carbonyl (C=O) groups excluding carboxylic acids is 1. The van der Waals surface area contributed by atoms with Crippen LogP contribution < -0.4 is 0 Å². The number of hydrogen-bond acceptors (Lipinski definition) is 3. The molecule has 0 saturated carbocycles. The summed E-state index contributed by atoms with van der Waals surface area (Å²) < 4.78 is 4.97. The molecule has 1 N–H and O–H groups in total. The summed E-state index contributed by atoms with van der Waals surface area (Å²) in [5, 5.41) is 9.13. The van der Waals surface area contributed by atoms with E-state index >= 15 is 0 Å². The summed E-state index contributed by atoms with van der Waals surface area (Å²) in [6.45, 7) is 4.15. The van der Waals surface area contributed by atoms with Gasteiger partial charge in [0, 0.05) is 6.54 Å². The average Bonchev–Trinajstić information content (AvgIpc) is 2.68. The Balaban J connectivity index is 2.22. The Labute approximate surface area is 111 Å². The Morgan fingerprint density at radius 3 is 2.53 bits per heavy atom. The minimum atomic E-state index is -1.09. The Kier molecular flexibility index (Phi) is 3.74. The van der Waals surface area contributed by atoms with Crippen molar-refractivity contribution >= 4 is 12.1 Å². The average molecular weight is 263 g/mol. The van der Waals surface area contributed by atoms with Crippen molar-refractivity contribution in [3.63, 3.8) is 0 Å². The van der Waals surface area contributed by atoms with E-state index in [4.69, 9.17) is 9.84 Å². The number of cyclic esters (lactones) is 1. The highest BCUT2D eigenvalue weighted by Crippen LogP contribution is 2.27. The molecule has 1 aliphatic heterocycles. The third-order valence-corrected chi connectivity index (χ3v) is 3.25. The van der Waals surface area contributed by atoms with E-state index in [2.05, 4.69) is 0 Å². The zero-order valence-corrected chi connectivity index (χ0v) is 10.9. The van der Waals surface area contributed by atoms with Gasteiger partial charge in [-0.2, -0.15) is 0 Å². The predicted molar refractivity (Wildman–Crippen MR) is 68.5 cm³/mol. The van der Waals surface area contributed by atoms with Crippen molar-refractivity contribution in [2.45, 2.75) is 32.5 Å². The molecule has 2 atom stereocenters. The van der Waals surface area contributed by atoms with E-state index in [1.807, 2.05) is 44.2 Å². The van der Waals surface area contributed by atoms with E-state index in [1.54, 1.807) is 0 Å². The van der Waals surface area contributed by atoms with Crippen molar-refractivity contribution in [1.29, 1.82) is 0 Å². The van der Waals surface area contributed by atoms with Crippen LogP contribution in [0, 0.1) is 5.92 Å². The van der Waals surface area contributed by atoms with Crippen LogP contribution in [-0.2, 0) is 16.1 Å². The van der Waals surface area contributed by atoms with Crippen LogP contribution >= 0.6 is 0 Å². The predicted octanol–water partition coefficient (Wildman–Crippen LogP) is 2.12. The molecule has 5 heteroatoms. The lowest BCUT2D eigenvalue weighted by atomic mass is 9.97. The van der Waals surface area contributed by atoms with Gasteiger partial charge < -0.3 is 9.84 Å². The van der Waals surface area contributed by atoms with Crippen molar-refractivity contribution in [2.75, 3.05) is 0 Å². The van der Waals surface area contributed by atoms with Crippen LogP contribution in [-0.4, -0.2) is 34.2 Å². The van der Waals surface area contributed by atoms with Gasteiger partial charge in [-0.3, -0.25) is 4.90 Å². The molecule has 1 saturated heterocycles. The molecule has 0 radical (unpaired) electrons. The van der Waals surface area contributed by atoms with E-state index in [-0.39, 0.29) is 5.92 Å². The maximum absolute atomic E-state index is 11.8. The molecule has 102 valence electrons. The first kappa shape index (κ1) is 13.4. The van der Waals surface area contributed by atoms with Gasteiger partial charge in [0.1, 0.15) is 0 Å². The number of benzene rings is 1. The lowest BCUT2D eigenvalue weighted by molar-refractivity contribution is -0.146. The molecule has 19 heavy (non-hydrogen) atoms. The number of nitrogens with zero attached hydrogens (tertiary/aromatic N) is 1. The van der Waals surface area contributed by atoms with Gasteiger partial charge >= 0.3 is 12.1 Å². The summed E-state index contributed by atoms with van der Waals surface area (Å²) in [5.41, 5.74) is 0.955. The van der Waals surface area contributed by atoms with Crippen molar-refractivity contribution in [3.05, 3.63) is 35.9 Å². The van der Waals surface area contributed by atoms with Gasteiger partial charge in [0.25, 0.3) is 0 Å². The molecule has 0 aliphatic carbocycles. The first-order chi connectivity index (χ1) is 9.00. The van der Waals surface area contributed by atoms with Crippen LogP contribution in [0.4, 0.5) is 4.79 Å². The molecule has 0 aromatic heterocycles. The summed E-state index contributed by atoms with van der Waals surface area (Å²) >= 11 is 0. The topological polar surface area (TPSA) is 66.8 Å². The fourth-order valence-electron chi connectivity index (χ4n) is 2.39. The van der Waals surface area contributed by atoms with E-state index in [0.717, 1.165) is 5.56 Å². The number of carboxylic acid groups (broad SMARTS) is 1. The lowest BCUT2D eigenvalue weighted by Crippen LogP contribution is -2.43. The maximum atomic E-state index is 11.8. The summed E-state index contributed by atoms with van der Waals surface area (Å²) in [6, 6.07) is 9.03. The van der Waals surface area contributed by atoms with Crippen LogP contribution in [0.2, 0.25) is 0 Å². The quantitative estimate of drug-likeness (QED) is 0.903. The summed E-state index contributed by atoms with van der Waals surface area (Å²) in [4.78, 5) is 24.5. The number of ether oxygens (including phenoxy) is 1. The first-order valence-electron chi connectivity index (χ1n) is 6.24. The number of carboxylic acids is 1. The number of amides is 1. The second kappa shape index (κ2) is 5.30. The molecular weight excluding hydrogens is 246 g/mol. The molecule has 2 rings (SSSR count). The van der Waals surface area contributed by atoms with Gasteiger partial charge in [0.2, 0.25) is 6.10 Å².